The Bertz CT molecular complexity index is 247. The summed E-state index contributed by atoms with van der Waals surface area (Å²) in [6, 6.07) is 1.19. The topological polar surface area (TPSA) is 21.7 Å². The average molecular weight is 337 g/mol. The van der Waals surface area contributed by atoms with Gasteiger partial charge < -0.3 is 9.47 Å². The average Bonchev–Trinajstić information content (AvgIpc) is 2.66. The zero-order valence-electron chi connectivity index (χ0n) is 9.77. The van der Waals surface area contributed by atoms with Gasteiger partial charge in [-0.15, -0.1) is 0 Å². The van der Waals surface area contributed by atoms with Gasteiger partial charge in [-0.2, -0.15) is 0 Å². The maximum absolute atomic E-state index is 5.80. The molecule has 2 saturated heterocycles. The molecule has 0 aromatic rings. The van der Waals surface area contributed by atoms with Crippen LogP contribution in [0, 0.1) is 0 Å². The molecular formula is C12H20INO2. The molecule has 0 unspecified atom stereocenters. The van der Waals surface area contributed by atoms with E-state index in [9.17, 15) is 0 Å². The minimum atomic E-state index is 0.359. The third-order valence-corrected chi connectivity index (χ3v) is 4.03. The molecule has 0 spiro atoms. The van der Waals surface area contributed by atoms with E-state index in [1.54, 1.807) is 7.11 Å². The fourth-order valence-corrected chi connectivity index (χ4v) is 3.41. The van der Waals surface area contributed by atoms with Crippen molar-refractivity contribution in [2.45, 2.75) is 43.9 Å². The summed E-state index contributed by atoms with van der Waals surface area (Å²) in [4.78, 5) is 2.61. The van der Waals surface area contributed by atoms with Crippen molar-refractivity contribution in [2.75, 3.05) is 20.4 Å². The lowest BCUT2D eigenvalue weighted by molar-refractivity contribution is -0.0841. The van der Waals surface area contributed by atoms with E-state index in [1.807, 2.05) is 0 Å². The first-order valence-corrected chi connectivity index (χ1v) is 7.24. The van der Waals surface area contributed by atoms with Crippen molar-refractivity contribution >= 4 is 22.6 Å². The van der Waals surface area contributed by atoms with Gasteiger partial charge in [0, 0.05) is 19.2 Å². The number of methoxy groups -OCH3 is 1. The molecule has 92 valence electrons. The van der Waals surface area contributed by atoms with Crippen LogP contribution >= 0.6 is 22.6 Å². The largest absolute Gasteiger partial charge is 0.359 e. The standard InChI is InChI=1S/C12H20INO2/c1-15-9-16-12-8-10(5-6-13)14-7-3-2-4-11(12)14/h5-6,10-12H,2-4,7-9H2,1H3/b6-5+/t10-,11+,12-/m1/s1. The normalized spacial score (nSPS) is 35.8. The Hall–Kier alpha value is 0.350. The second kappa shape index (κ2) is 6.33. The lowest BCUT2D eigenvalue weighted by atomic mass is 10.0. The quantitative estimate of drug-likeness (QED) is 0.581. The van der Waals surface area contributed by atoms with Crippen molar-refractivity contribution in [3.8, 4) is 0 Å². The summed E-state index contributed by atoms with van der Waals surface area (Å²) in [5, 5.41) is 0. The highest BCUT2D eigenvalue weighted by atomic mass is 127. The third kappa shape index (κ3) is 2.78. The van der Waals surface area contributed by atoms with Crippen LogP contribution in [0.25, 0.3) is 0 Å². The molecule has 0 bridgehead atoms. The number of halogens is 1. The molecule has 0 saturated carbocycles. The van der Waals surface area contributed by atoms with Gasteiger partial charge in [0.15, 0.2) is 0 Å². The van der Waals surface area contributed by atoms with Gasteiger partial charge in [-0.05, 0) is 29.9 Å². The number of piperidine rings is 1. The van der Waals surface area contributed by atoms with Crippen molar-refractivity contribution < 1.29 is 9.47 Å². The summed E-state index contributed by atoms with van der Waals surface area (Å²) in [7, 11) is 1.69. The number of hydrogen-bond donors (Lipinski definition) is 0. The molecule has 2 aliphatic rings. The number of nitrogens with zero attached hydrogens (tertiary/aromatic N) is 1. The van der Waals surface area contributed by atoms with E-state index in [0.29, 0.717) is 25.0 Å². The van der Waals surface area contributed by atoms with Crippen LogP contribution in [0.3, 0.4) is 0 Å². The molecule has 2 aliphatic heterocycles. The highest BCUT2D eigenvalue weighted by Gasteiger charge is 2.41. The summed E-state index contributed by atoms with van der Waals surface area (Å²) < 4.78 is 12.9. The van der Waals surface area contributed by atoms with Crippen molar-refractivity contribution in [3.63, 3.8) is 0 Å². The fourth-order valence-electron chi connectivity index (χ4n) is 2.93. The van der Waals surface area contributed by atoms with Crippen LogP contribution in [0.2, 0.25) is 0 Å². The number of hydrogen-bond acceptors (Lipinski definition) is 3. The predicted octanol–water partition coefficient (Wildman–Crippen LogP) is 2.55. The van der Waals surface area contributed by atoms with Crippen LogP contribution in [-0.2, 0) is 9.47 Å². The molecule has 0 amide bonds. The highest BCUT2D eigenvalue weighted by Crippen LogP contribution is 2.34. The third-order valence-electron chi connectivity index (χ3n) is 3.62. The van der Waals surface area contributed by atoms with E-state index < -0.39 is 0 Å². The van der Waals surface area contributed by atoms with E-state index in [-0.39, 0.29) is 0 Å². The summed E-state index contributed by atoms with van der Waals surface area (Å²) in [6.45, 7) is 1.65. The summed E-state index contributed by atoms with van der Waals surface area (Å²) >= 11 is 2.30. The Morgan fingerprint density at radius 1 is 1.44 bits per heavy atom. The van der Waals surface area contributed by atoms with Crippen molar-refractivity contribution in [2.24, 2.45) is 0 Å². The van der Waals surface area contributed by atoms with Crippen LogP contribution in [0.15, 0.2) is 10.2 Å². The zero-order valence-corrected chi connectivity index (χ0v) is 11.9. The second-order valence-corrected chi connectivity index (χ2v) is 5.25. The van der Waals surface area contributed by atoms with Gasteiger partial charge in [0.25, 0.3) is 0 Å². The molecular weight excluding hydrogens is 317 g/mol. The Labute approximate surface area is 111 Å². The molecule has 3 atom stereocenters. The van der Waals surface area contributed by atoms with Crippen molar-refractivity contribution in [1.29, 1.82) is 0 Å². The second-order valence-electron chi connectivity index (χ2n) is 4.53. The highest BCUT2D eigenvalue weighted by molar-refractivity contribution is 14.1. The Kier molecular flexibility index (Phi) is 5.06. The van der Waals surface area contributed by atoms with E-state index in [2.05, 4.69) is 37.6 Å². The molecule has 0 aromatic heterocycles. The first-order chi connectivity index (χ1) is 7.86. The summed E-state index contributed by atoms with van der Waals surface area (Å²) in [5.41, 5.74) is 0. The van der Waals surface area contributed by atoms with Crippen LogP contribution in [0.1, 0.15) is 25.7 Å². The van der Waals surface area contributed by atoms with Gasteiger partial charge in [-0.25, -0.2) is 0 Å². The number of fused-ring (bicyclic) bond motifs is 1. The fraction of sp³-hybridized carbons (Fsp3) is 0.833. The van der Waals surface area contributed by atoms with Crippen LogP contribution in [0.5, 0.6) is 0 Å². The lowest BCUT2D eigenvalue weighted by Crippen LogP contribution is -2.42. The first-order valence-electron chi connectivity index (χ1n) is 6.00. The van der Waals surface area contributed by atoms with Gasteiger partial charge in [-0.1, -0.05) is 35.1 Å². The maximum atomic E-state index is 5.80. The summed E-state index contributed by atoms with van der Waals surface area (Å²) in [6.07, 6.45) is 7.73. The summed E-state index contributed by atoms with van der Waals surface area (Å²) in [5.74, 6) is 0. The number of ether oxygens (including phenoxy) is 2. The molecule has 0 radical (unpaired) electrons. The van der Waals surface area contributed by atoms with E-state index in [0.717, 1.165) is 6.42 Å². The van der Waals surface area contributed by atoms with E-state index in [4.69, 9.17) is 9.47 Å². The van der Waals surface area contributed by atoms with Gasteiger partial charge in [0.1, 0.15) is 6.79 Å². The van der Waals surface area contributed by atoms with Gasteiger partial charge in [0.05, 0.1) is 6.10 Å². The molecule has 2 heterocycles. The monoisotopic (exact) mass is 337 g/mol. The smallest absolute Gasteiger partial charge is 0.146 e. The van der Waals surface area contributed by atoms with Crippen molar-refractivity contribution in [3.05, 3.63) is 10.2 Å². The molecule has 0 aromatic carbocycles. The lowest BCUT2D eigenvalue weighted by Gasteiger charge is -2.34. The molecule has 2 fully saturated rings. The Balaban J connectivity index is 1.99. The minimum Gasteiger partial charge on any atom is -0.359 e. The first kappa shape index (κ1) is 12.8. The van der Waals surface area contributed by atoms with Gasteiger partial charge in [-0.3, -0.25) is 4.90 Å². The predicted molar refractivity (Wildman–Crippen MR) is 72.7 cm³/mol. The Morgan fingerprint density at radius 2 is 2.31 bits per heavy atom. The molecule has 0 N–H and O–H groups in total. The molecule has 4 heteroatoms. The SMILES string of the molecule is COCO[C@@H]1C[C@@H](/C=C/I)N2CCCC[C@@H]12. The molecule has 0 aliphatic carbocycles. The molecule has 3 nitrogen and oxygen atoms in total. The maximum Gasteiger partial charge on any atom is 0.146 e. The Morgan fingerprint density at radius 3 is 3.06 bits per heavy atom. The zero-order chi connectivity index (χ0) is 11.4. The van der Waals surface area contributed by atoms with Crippen molar-refractivity contribution in [1.82, 2.24) is 4.90 Å². The van der Waals surface area contributed by atoms with Gasteiger partial charge in [0.2, 0.25) is 0 Å². The van der Waals surface area contributed by atoms with Crippen LogP contribution < -0.4 is 0 Å². The number of rotatable bonds is 4. The van der Waals surface area contributed by atoms with Crippen LogP contribution in [0.4, 0.5) is 0 Å². The van der Waals surface area contributed by atoms with E-state index in [1.165, 1.54) is 25.8 Å². The van der Waals surface area contributed by atoms with Crippen LogP contribution in [-0.4, -0.2) is 43.5 Å². The van der Waals surface area contributed by atoms with Gasteiger partial charge >= 0.3 is 0 Å². The van der Waals surface area contributed by atoms with E-state index >= 15 is 0 Å². The molecule has 16 heavy (non-hydrogen) atoms. The molecule has 2 rings (SSSR count). The minimum absolute atomic E-state index is 0.359.